The van der Waals surface area contributed by atoms with Crippen molar-refractivity contribution in [3.8, 4) is 0 Å². The summed E-state index contributed by atoms with van der Waals surface area (Å²) in [6, 6.07) is 0. The summed E-state index contributed by atoms with van der Waals surface area (Å²) in [5.74, 6) is 0. The van der Waals surface area contributed by atoms with E-state index in [-0.39, 0.29) is 0 Å². The zero-order valence-electron chi connectivity index (χ0n) is 11.3. The molecule has 2 nitrogen and oxygen atoms in total. The molecule has 2 unspecified atom stereocenters. The van der Waals surface area contributed by atoms with Crippen LogP contribution in [-0.4, -0.2) is 21.1 Å². The highest BCUT2D eigenvalue weighted by molar-refractivity contribution is 7.80. The van der Waals surface area contributed by atoms with E-state index >= 15 is 0 Å². The van der Waals surface area contributed by atoms with Crippen LogP contribution < -0.4 is 0 Å². The third-order valence-corrected chi connectivity index (χ3v) is 2.90. The lowest BCUT2D eigenvalue weighted by Gasteiger charge is -2.00. The first kappa shape index (κ1) is 19.9. The average molecular weight is 283 g/mol. The van der Waals surface area contributed by atoms with Gasteiger partial charge in [-0.2, -0.15) is 0 Å². The van der Waals surface area contributed by atoms with E-state index in [1.54, 1.807) is 0 Å². The zero-order valence-corrected chi connectivity index (χ0v) is 13.1. The summed E-state index contributed by atoms with van der Waals surface area (Å²) in [7, 11) is 0. The second kappa shape index (κ2) is 16.6. The molecule has 2 N–H and O–H groups in total. The number of hydrogen-bond donors (Lipinski definition) is 4. The fraction of sp³-hybridized carbons (Fsp3) is 1.00. The molecule has 0 rings (SSSR count). The highest BCUT2D eigenvalue weighted by Crippen LogP contribution is 2.06. The Morgan fingerprint density at radius 1 is 0.706 bits per heavy atom. The Morgan fingerprint density at radius 3 is 1.41 bits per heavy atom. The molecule has 0 aliphatic heterocycles. The Kier molecular flexibility index (Phi) is 19.5. The van der Waals surface area contributed by atoms with Gasteiger partial charge in [-0.3, -0.25) is 0 Å². The van der Waals surface area contributed by atoms with Crippen molar-refractivity contribution < 1.29 is 10.2 Å². The van der Waals surface area contributed by atoms with Gasteiger partial charge in [0.2, 0.25) is 0 Å². The Morgan fingerprint density at radius 2 is 1.06 bits per heavy atom. The van der Waals surface area contributed by atoms with Gasteiger partial charge in [0.05, 0.1) is 10.9 Å². The first-order valence-corrected chi connectivity index (χ1v) is 7.80. The molecule has 0 saturated carbocycles. The van der Waals surface area contributed by atoms with Gasteiger partial charge in [-0.25, -0.2) is 0 Å². The van der Waals surface area contributed by atoms with Crippen LogP contribution in [0.2, 0.25) is 0 Å². The van der Waals surface area contributed by atoms with E-state index in [0.717, 1.165) is 25.7 Å². The summed E-state index contributed by atoms with van der Waals surface area (Å²) in [6.07, 6.45) is 10.1. The number of thiol groups is 2. The number of unbranched alkanes of at least 4 members (excludes halogenated alkanes) is 5. The van der Waals surface area contributed by atoms with E-state index in [9.17, 15) is 0 Å². The molecular formula is C13H30O2S2. The monoisotopic (exact) mass is 282 g/mol. The van der Waals surface area contributed by atoms with Crippen LogP contribution in [0.3, 0.4) is 0 Å². The summed E-state index contributed by atoms with van der Waals surface area (Å²) < 4.78 is 0. The minimum absolute atomic E-state index is 0.401. The summed E-state index contributed by atoms with van der Waals surface area (Å²) in [6.45, 7) is 4.32. The van der Waals surface area contributed by atoms with Gasteiger partial charge >= 0.3 is 0 Å². The first-order chi connectivity index (χ1) is 8.04. The normalized spacial score (nSPS) is 13.8. The number of aliphatic hydroxyl groups excluding tert-OH is 2. The fourth-order valence-corrected chi connectivity index (χ4v) is 1.70. The minimum atomic E-state index is -0.401. The Bertz CT molecular complexity index is 131. The molecule has 0 aromatic carbocycles. The molecule has 0 fully saturated rings. The van der Waals surface area contributed by atoms with E-state index < -0.39 is 10.9 Å². The van der Waals surface area contributed by atoms with Crippen LogP contribution in [0.5, 0.6) is 0 Å². The number of hydrogen-bond acceptors (Lipinski definition) is 4. The van der Waals surface area contributed by atoms with Gasteiger partial charge in [0.1, 0.15) is 0 Å². The van der Waals surface area contributed by atoms with Gasteiger partial charge in [-0.05, 0) is 12.8 Å². The maximum absolute atomic E-state index is 8.72. The fourth-order valence-electron chi connectivity index (χ4n) is 1.33. The molecule has 0 aromatic rings. The maximum atomic E-state index is 8.72. The van der Waals surface area contributed by atoms with E-state index in [4.69, 9.17) is 10.2 Å². The van der Waals surface area contributed by atoms with Crippen molar-refractivity contribution in [1.82, 2.24) is 0 Å². The van der Waals surface area contributed by atoms with Crippen molar-refractivity contribution in [3.05, 3.63) is 0 Å². The van der Waals surface area contributed by atoms with Crippen molar-refractivity contribution in [2.75, 3.05) is 0 Å². The van der Waals surface area contributed by atoms with Crippen molar-refractivity contribution in [2.45, 2.75) is 82.5 Å². The summed E-state index contributed by atoms with van der Waals surface area (Å²) in [5.41, 5.74) is -0.802. The second-order valence-corrected chi connectivity index (χ2v) is 5.50. The molecule has 0 aliphatic rings. The largest absolute Gasteiger partial charge is 0.383 e. The molecule has 0 spiro atoms. The van der Waals surface area contributed by atoms with Gasteiger partial charge in [0.15, 0.2) is 0 Å². The molecule has 0 aliphatic carbocycles. The highest BCUT2D eigenvalue weighted by atomic mass is 32.1. The van der Waals surface area contributed by atoms with Crippen LogP contribution in [0.15, 0.2) is 0 Å². The number of rotatable bonds is 9. The maximum Gasteiger partial charge on any atom is 0.0964 e. The molecule has 106 valence electrons. The molecule has 2 atom stereocenters. The molecule has 0 heterocycles. The molecule has 17 heavy (non-hydrogen) atoms. The smallest absolute Gasteiger partial charge is 0.0964 e. The molecule has 0 aromatic heterocycles. The Balaban J connectivity index is 0. The summed E-state index contributed by atoms with van der Waals surface area (Å²) in [5, 5.41) is 17.4. The topological polar surface area (TPSA) is 40.5 Å². The molecule has 0 radical (unpaired) electrons. The van der Waals surface area contributed by atoms with Crippen LogP contribution in [0.1, 0.15) is 71.6 Å². The van der Waals surface area contributed by atoms with Crippen LogP contribution in [0, 0.1) is 0 Å². The lowest BCUT2D eigenvalue weighted by atomic mass is 10.2. The first-order valence-electron chi connectivity index (χ1n) is 6.76. The SMILES string of the molecule is CCCCCC(O)S.CCCCCCC(O)S. The molecule has 4 heteroatoms. The summed E-state index contributed by atoms with van der Waals surface area (Å²) in [4.78, 5) is 0. The zero-order chi connectivity index (χ0) is 13.5. The van der Waals surface area contributed by atoms with Crippen LogP contribution in [0.4, 0.5) is 0 Å². The molecule has 0 bridgehead atoms. The Labute approximate surface area is 118 Å². The van der Waals surface area contributed by atoms with Crippen LogP contribution in [0.25, 0.3) is 0 Å². The molecule has 0 amide bonds. The lowest BCUT2D eigenvalue weighted by molar-refractivity contribution is 0.249. The van der Waals surface area contributed by atoms with Crippen molar-refractivity contribution in [3.63, 3.8) is 0 Å². The Hall–Kier alpha value is 0.620. The van der Waals surface area contributed by atoms with Gasteiger partial charge in [-0.15, -0.1) is 25.3 Å². The van der Waals surface area contributed by atoms with Crippen molar-refractivity contribution >= 4 is 25.3 Å². The standard InChI is InChI=1S/C7H16OS.C6H14OS/c1-2-3-4-5-6-7(8)9;1-2-3-4-5-6(7)8/h7-9H,2-6H2,1H3;6-8H,2-5H2,1H3. The predicted molar refractivity (Wildman–Crippen MR) is 82.9 cm³/mol. The van der Waals surface area contributed by atoms with Gasteiger partial charge in [0, 0.05) is 0 Å². The van der Waals surface area contributed by atoms with Gasteiger partial charge < -0.3 is 10.2 Å². The molecule has 0 saturated heterocycles. The predicted octanol–water partition coefficient (Wildman–Crippen LogP) is 4.02. The quantitative estimate of drug-likeness (QED) is 0.293. The van der Waals surface area contributed by atoms with E-state index in [2.05, 4.69) is 39.1 Å². The van der Waals surface area contributed by atoms with Crippen molar-refractivity contribution in [1.29, 1.82) is 0 Å². The lowest BCUT2D eigenvalue weighted by Crippen LogP contribution is -1.94. The third kappa shape index (κ3) is 26.3. The van der Waals surface area contributed by atoms with Crippen molar-refractivity contribution in [2.24, 2.45) is 0 Å². The highest BCUT2D eigenvalue weighted by Gasteiger charge is 1.94. The van der Waals surface area contributed by atoms with E-state index in [1.807, 2.05) is 0 Å². The third-order valence-electron chi connectivity index (χ3n) is 2.38. The van der Waals surface area contributed by atoms with Gasteiger partial charge in [0.25, 0.3) is 0 Å². The van der Waals surface area contributed by atoms with E-state index in [1.165, 1.54) is 32.1 Å². The molecular weight excluding hydrogens is 252 g/mol. The minimum Gasteiger partial charge on any atom is -0.383 e. The average Bonchev–Trinajstić information content (AvgIpc) is 2.25. The van der Waals surface area contributed by atoms with E-state index in [0.29, 0.717) is 0 Å². The van der Waals surface area contributed by atoms with Gasteiger partial charge in [-0.1, -0.05) is 58.8 Å². The van der Waals surface area contributed by atoms with Crippen LogP contribution >= 0.6 is 25.3 Å². The van der Waals surface area contributed by atoms with Crippen LogP contribution in [-0.2, 0) is 0 Å². The summed E-state index contributed by atoms with van der Waals surface area (Å²) >= 11 is 7.68. The number of aliphatic hydroxyl groups is 2. The second-order valence-electron chi connectivity index (χ2n) is 4.31.